The fourth-order valence-electron chi connectivity index (χ4n) is 1.53. The molecule has 96 valence electrons. The van der Waals surface area contributed by atoms with Crippen molar-refractivity contribution in [1.82, 2.24) is 10.2 Å². The quantitative estimate of drug-likeness (QED) is 0.820. The maximum atomic E-state index is 11.5. The summed E-state index contributed by atoms with van der Waals surface area (Å²) in [7, 11) is 3.34. The van der Waals surface area contributed by atoms with E-state index in [0.29, 0.717) is 12.1 Å². The van der Waals surface area contributed by atoms with E-state index in [1.54, 1.807) is 37.2 Å². The van der Waals surface area contributed by atoms with Crippen molar-refractivity contribution in [3.05, 3.63) is 47.5 Å². The summed E-state index contributed by atoms with van der Waals surface area (Å²) >= 11 is 0. The molecule has 0 spiro atoms. The van der Waals surface area contributed by atoms with E-state index in [9.17, 15) is 9.59 Å². The Labute approximate surface area is 107 Å². The molecular weight excluding hydrogens is 228 g/mol. The number of hydrogen-bond acceptors (Lipinski definition) is 2. The Balaban J connectivity index is 2.69. The van der Waals surface area contributed by atoms with Crippen LogP contribution in [0.2, 0.25) is 0 Å². The summed E-state index contributed by atoms with van der Waals surface area (Å²) in [6, 6.07) is 7.21. The minimum absolute atomic E-state index is 0.0344. The summed E-state index contributed by atoms with van der Waals surface area (Å²) in [6.45, 7) is 2.33. The van der Waals surface area contributed by atoms with Crippen molar-refractivity contribution >= 4 is 11.8 Å². The molecule has 0 aromatic heterocycles. The van der Waals surface area contributed by atoms with Gasteiger partial charge in [-0.3, -0.25) is 9.59 Å². The second-order valence-electron chi connectivity index (χ2n) is 3.97. The van der Waals surface area contributed by atoms with E-state index in [1.165, 1.54) is 6.08 Å². The van der Waals surface area contributed by atoms with Gasteiger partial charge in [0.15, 0.2) is 0 Å². The third-order valence-electron chi connectivity index (χ3n) is 2.55. The van der Waals surface area contributed by atoms with Crippen molar-refractivity contribution in [2.75, 3.05) is 14.1 Å². The number of nitrogens with zero attached hydrogens (tertiary/aromatic N) is 1. The molecule has 0 fully saturated rings. The largest absolute Gasteiger partial charge is 0.355 e. The summed E-state index contributed by atoms with van der Waals surface area (Å²) in [5.74, 6) is -0.146. The second kappa shape index (κ2) is 6.59. The molecule has 1 aromatic carbocycles. The molecule has 2 amide bonds. The van der Waals surface area contributed by atoms with Crippen LogP contribution in [0.25, 0.3) is 0 Å². The highest BCUT2D eigenvalue weighted by Crippen LogP contribution is 2.07. The van der Waals surface area contributed by atoms with E-state index in [1.807, 2.05) is 19.1 Å². The van der Waals surface area contributed by atoms with E-state index in [-0.39, 0.29) is 11.8 Å². The van der Waals surface area contributed by atoms with Crippen molar-refractivity contribution in [3.8, 4) is 0 Å². The third kappa shape index (κ3) is 3.73. The van der Waals surface area contributed by atoms with Gasteiger partial charge in [-0.15, -0.1) is 0 Å². The Kier molecular flexibility index (Phi) is 5.11. The van der Waals surface area contributed by atoms with Crippen molar-refractivity contribution in [2.24, 2.45) is 0 Å². The van der Waals surface area contributed by atoms with Gasteiger partial charge in [0.05, 0.1) is 0 Å². The van der Waals surface area contributed by atoms with E-state index in [4.69, 9.17) is 0 Å². The summed E-state index contributed by atoms with van der Waals surface area (Å²) in [6.07, 6.45) is 3.24. The molecule has 4 nitrogen and oxygen atoms in total. The summed E-state index contributed by atoms with van der Waals surface area (Å²) in [5, 5.41) is 2.56. The smallest absolute Gasteiger partial charge is 0.251 e. The van der Waals surface area contributed by atoms with Gasteiger partial charge in [-0.05, 0) is 30.7 Å². The first-order valence-electron chi connectivity index (χ1n) is 5.77. The Morgan fingerprint density at radius 3 is 2.39 bits per heavy atom. The van der Waals surface area contributed by atoms with Gasteiger partial charge >= 0.3 is 0 Å². The van der Waals surface area contributed by atoms with Gasteiger partial charge in [0, 0.05) is 26.2 Å². The fourth-order valence-corrected chi connectivity index (χ4v) is 1.53. The van der Waals surface area contributed by atoms with Crippen LogP contribution in [0.5, 0.6) is 0 Å². The van der Waals surface area contributed by atoms with E-state index in [0.717, 1.165) is 5.56 Å². The number of carbonyl (C=O) groups excluding carboxylic acids is 2. The average Bonchev–Trinajstić information content (AvgIpc) is 2.39. The lowest BCUT2D eigenvalue weighted by atomic mass is 10.1. The van der Waals surface area contributed by atoms with E-state index in [2.05, 4.69) is 5.32 Å². The van der Waals surface area contributed by atoms with Crippen LogP contribution < -0.4 is 5.32 Å². The normalized spacial score (nSPS) is 10.4. The van der Waals surface area contributed by atoms with Crippen molar-refractivity contribution in [1.29, 1.82) is 0 Å². The van der Waals surface area contributed by atoms with Crippen LogP contribution in [0, 0.1) is 0 Å². The molecule has 0 saturated carbocycles. The van der Waals surface area contributed by atoms with E-state index < -0.39 is 0 Å². The van der Waals surface area contributed by atoms with Crippen LogP contribution in [-0.2, 0) is 11.3 Å². The topological polar surface area (TPSA) is 49.4 Å². The van der Waals surface area contributed by atoms with Crippen LogP contribution in [0.3, 0.4) is 0 Å². The molecule has 0 heterocycles. The number of likely N-dealkylation sites (N-methyl/N-ethyl adjacent to an activating group) is 1. The Morgan fingerprint density at radius 1 is 1.28 bits per heavy atom. The molecule has 1 N–H and O–H groups in total. The number of nitrogens with one attached hydrogen (secondary N) is 1. The first kappa shape index (κ1) is 14.0. The number of rotatable bonds is 4. The molecule has 0 radical (unpaired) electrons. The third-order valence-corrected chi connectivity index (χ3v) is 2.55. The molecule has 0 aliphatic rings. The first-order valence-corrected chi connectivity index (χ1v) is 5.77. The minimum atomic E-state index is -0.111. The maximum Gasteiger partial charge on any atom is 0.251 e. The number of hydrogen-bond donors (Lipinski definition) is 1. The van der Waals surface area contributed by atoms with Gasteiger partial charge in [0.2, 0.25) is 5.91 Å². The maximum absolute atomic E-state index is 11.5. The monoisotopic (exact) mass is 246 g/mol. The van der Waals surface area contributed by atoms with Gasteiger partial charge in [-0.2, -0.15) is 0 Å². The van der Waals surface area contributed by atoms with Gasteiger partial charge in [-0.1, -0.05) is 18.2 Å². The Morgan fingerprint density at radius 2 is 1.89 bits per heavy atom. The lowest BCUT2D eigenvalue weighted by Gasteiger charge is -2.15. The Bertz CT molecular complexity index is 449. The highest BCUT2D eigenvalue weighted by molar-refractivity contribution is 5.94. The summed E-state index contributed by atoms with van der Waals surface area (Å²) in [5.41, 5.74) is 1.60. The van der Waals surface area contributed by atoms with Gasteiger partial charge in [0.25, 0.3) is 5.91 Å². The summed E-state index contributed by atoms with van der Waals surface area (Å²) in [4.78, 5) is 24.5. The molecule has 1 rings (SSSR count). The van der Waals surface area contributed by atoms with Crippen LogP contribution in [0.15, 0.2) is 36.4 Å². The van der Waals surface area contributed by atoms with Crippen LogP contribution in [-0.4, -0.2) is 30.8 Å². The van der Waals surface area contributed by atoms with Crippen molar-refractivity contribution < 1.29 is 9.59 Å². The highest BCUT2D eigenvalue weighted by Gasteiger charge is 2.06. The molecule has 0 bridgehead atoms. The number of allylic oxidation sites excluding steroid dienone is 1. The van der Waals surface area contributed by atoms with E-state index >= 15 is 0 Å². The average molecular weight is 246 g/mol. The molecule has 0 atom stereocenters. The predicted molar refractivity (Wildman–Crippen MR) is 71.1 cm³/mol. The Hall–Kier alpha value is -2.10. The second-order valence-corrected chi connectivity index (χ2v) is 3.97. The SMILES string of the molecule is C/C=C/C(=O)N(C)Cc1ccc(C(=O)NC)cc1. The summed E-state index contributed by atoms with van der Waals surface area (Å²) < 4.78 is 0. The lowest BCUT2D eigenvalue weighted by molar-refractivity contribution is -0.125. The van der Waals surface area contributed by atoms with Crippen LogP contribution in [0.1, 0.15) is 22.8 Å². The molecule has 0 aliphatic heterocycles. The van der Waals surface area contributed by atoms with Crippen LogP contribution in [0.4, 0.5) is 0 Å². The highest BCUT2D eigenvalue weighted by atomic mass is 16.2. The molecule has 4 heteroatoms. The number of amides is 2. The number of carbonyl (C=O) groups is 2. The van der Waals surface area contributed by atoms with Gasteiger partial charge in [0.1, 0.15) is 0 Å². The van der Waals surface area contributed by atoms with Gasteiger partial charge in [-0.25, -0.2) is 0 Å². The van der Waals surface area contributed by atoms with Crippen molar-refractivity contribution in [2.45, 2.75) is 13.5 Å². The fraction of sp³-hybridized carbons (Fsp3) is 0.286. The number of benzene rings is 1. The minimum Gasteiger partial charge on any atom is -0.355 e. The standard InChI is InChI=1S/C14H18N2O2/c1-4-5-13(17)16(3)10-11-6-8-12(9-7-11)14(18)15-2/h4-9H,10H2,1-3H3,(H,15,18)/b5-4+. The zero-order valence-electron chi connectivity index (χ0n) is 10.9. The molecular formula is C14H18N2O2. The molecule has 18 heavy (non-hydrogen) atoms. The zero-order chi connectivity index (χ0) is 13.5. The molecule has 0 aliphatic carbocycles. The zero-order valence-corrected chi connectivity index (χ0v) is 10.9. The first-order chi connectivity index (χ1) is 8.58. The van der Waals surface area contributed by atoms with Gasteiger partial charge < -0.3 is 10.2 Å². The van der Waals surface area contributed by atoms with Crippen molar-refractivity contribution in [3.63, 3.8) is 0 Å². The molecule has 0 saturated heterocycles. The molecule has 1 aromatic rings. The predicted octanol–water partition coefficient (Wildman–Crippen LogP) is 1.58. The van der Waals surface area contributed by atoms with Crippen LogP contribution >= 0.6 is 0 Å². The molecule has 0 unspecified atom stereocenters. The lowest BCUT2D eigenvalue weighted by Crippen LogP contribution is -2.24.